The lowest BCUT2D eigenvalue weighted by Crippen LogP contribution is -2.37. The second-order valence-electron chi connectivity index (χ2n) is 3.23. The smallest absolute Gasteiger partial charge is 0.102 e. The number of aliphatic hydroxyl groups excluding tert-OH is 1. The Kier molecular flexibility index (Phi) is 6.30. The van der Waals surface area contributed by atoms with Gasteiger partial charge >= 0.3 is 0 Å². The number of halogens is 1. The first-order valence-corrected chi connectivity index (χ1v) is 4.62. The first-order chi connectivity index (χ1) is 5.74. The molecule has 0 rings (SSSR count). The number of nitrogens with one attached hydrogen (secondary N) is 1. The molecule has 0 atom stereocenters. The maximum absolute atomic E-state index is 11.8. The van der Waals surface area contributed by atoms with Crippen LogP contribution in [0.1, 0.15) is 26.7 Å². The van der Waals surface area contributed by atoms with Crippen LogP contribution in [-0.4, -0.2) is 31.5 Å². The van der Waals surface area contributed by atoms with Crippen molar-refractivity contribution < 1.29 is 9.50 Å². The van der Waals surface area contributed by atoms with Gasteiger partial charge in [-0.1, -0.05) is 13.8 Å². The molecule has 0 amide bonds. The molecule has 0 radical (unpaired) electrons. The Labute approximate surface area is 74.2 Å². The van der Waals surface area contributed by atoms with Crippen LogP contribution >= 0.6 is 0 Å². The Morgan fingerprint density at radius 2 is 1.92 bits per heavy atom. The maximum Gasteiger partial charge on any atom is 0.102 e. The Balaban J connectivity index is 3.76. The minimum atomic E-state index is -0.338. The summed E-state index contributed by atoms with van der Waals surface area (Å²) in [4.78, 5) is 0. The Morgan fingerprint density at radius 1 is 1.33 bits per heavy atom. The molecule has 0 aromatic heterocycles. The topological polar surface area (TPSA) is 32.3 Å². The summed E-state index contributed by atoms with van der Waals surface area (Å²) in [5.41, 5.74) is -0.0465. The molecule has 0 aromatic rings. The van der Waals surface area contributed by atoms with Crippen LogP contribution in [0.4, 0.5) is 4.39 Å². The summed E-state index contributed by atoms with van der Waals surface area (Å²) in [7, 11) is 0. The van der Waals surface area contributed by atoms with Crippen LogP contribution < -0.4 is 5.32 Å². The quantitative estimate of drug-likeness (QED) is 0.575. The van der Waals surface area contributed by atoms with Crippen molar-refractivity contribution in [2.24, 2.45) is 5.41 Å². The Hall–Kier alpha value is -0.150. The minimum absolute atomic E-state index is 0.0465. The first kappa shape index (κ1) is 11.8. The van der Waals surface area contributed by atoms with E-state index < -0.39 is 0 Å². The van der Waals surface area contributed by atoms with Gasteiger partial charge in [-0.05, 0) is 12.8 Å². The molecule has 0 saturated heterocycles. The zero-order valence-electron chi connectivity index (χ0n) is 8.07. The predicted molar refractivity (Wildman–Crippen MR) is 48.9 cm³/mol. The summed E-state index contributed by atoms with van der Waals surface area (Å²) < 4.78 is 11.8. The van der Waals surface area contributed by atoms with Crippen LogP contribution in [0.5, 0.6) is 0 Å². The van der Waals surface area contributed by atoms with Crippen molar-refractivity contribution in [1.29, 1.82) is 0 Å². The van der Waals surface area contributed by atoms with Gasteiger partial charge in [0.15, 0.2) is 0 Å². The van der Waals surface area contributed by atoms with Crippen molar-refractivity contribution in [2.75, 3.05) is 26.4 Å². The first-order valence-electron chi connectivity index (χ1n) is 4.62. The van der Waals surface area contributed by atoms with Gasteiger partial charge in [0.05, 0.1) is 0 Å². The van der Waals surface area contributed by atoms with Gasteiger partial charge < -0.3 is 10.4 Å². The van der Waals surface area contributed by atoms with Gasteiger partial charge in [-0.3, -0.25) is 0 Å². The molecule has 74 valence electrons. The van der Waals surface area contributed by atoms with Crippen LogP contribution in [0, 0.1) is 5.41 Å². The molecule has 2 nitrogen and oxygen atoms in total. The van der Waals surface area contributed by atoms with E-state index in [0.717, 1.165) is 12.8 Å². The molecule has 0 unspecified atom stereocenters. The predicted octanol–water partition coefficient (Wildman–Crippen LogP) is 1.34. The van der Waals surface area contributed by atoms with E-state index in [0.29, 0.717) is 13.1 Å². The SMILES string of the molecule is CCC(CC)(CO)CNCCF. The highest BCUT2D eigenvalue weighted by Gasteiger charge is 2.24. The second kappa shape index (κ2) is 6.38. The molecule has 0 aliphatic carbocycles. The van der Waals surface area contributed by atoms with Gasteiger partial charge in [-0.25, -0.2) is 4.39 Å². The third kappa shape index (κ3) is 3.50. The summed E-state index contributed by atoms with van der Waals surface area (Å²) in [5, 5.41) is 12.1. The fraction of sp³-hybridized carbons (Fsp3) is 1.00. The molecular weight excluding hydrogens is 157 g/mol. The van der Waals surface area contributed by atoms with Crippen LogP contribution in [0.2, 0.25) is 0 Å². The zero-order valence-corrected chi connectivity index (χ0v) is 8.07. The van der Waals surface area contributed by atoms with E-state index in [1.54, 1.807) is 0 Å². The molecule has 0 aromatic carbocycles. The fourth-order valence-corrected chi connectivity index (χ4v) is 1.20. The molecule has 0 heterocycles. The van der Waals surface area contributed by atoms with Crippen molar-refractivity contribution in [3.8, 4) is 0 Å². The third-order valence-corrected chi connectivity index (χ3v) is 2.61. The molecule has 0 saturated carbocycles. The average Bonchev–Trinajstić information content (AvgIpc) is 2.14. The fourth-order valence-electron chi connectivity index (χ4n) is 1.20. The van der Waals surface area contributed by atoms with Crippen molar-refractivity contribution in [3.05, 3.63) is 0 Å². The zero-order chi connectivity index (χ0) is 9.45. The van der Waals surface area contributed by atoms with E-state index in [-0.39, 0.29) is 18.7 Å². The van der Waals surface area contributed by atoms with Crippen molar-refractivity contribution in [3.63, 3.8) is 0 Å². The molecule has 0 fully saturated rings. The van der Waals surface area contributed by atoms with E-state index >= 15 is 0 Å². The summed E-state index contributed by atoms with van der Waals surface area (Å²) in [6.45, 7) is 5.05. The van der Waals surface area contributed by atoms with Crippen LogP contribution in [-0.2, 0) is 0 Å². The average molecular weight is 177 g/mol. The highest BCUT2D eigenvalue weighted by atomic mass is 19.1. The number of hydrogen-bond acceptors (Lipinski definition) is 2. The van der Waals surface area contributed by atoms with E-state index in [4.69, 9.17) is 5.11 Å². The monoisotopic (exact) mass is 177 g/mol. The summed E-state index contributed by atoms with van der Waals surface area (Å²) in [5.74, 6) is 0. The molecule has 3 heteroatoms. The van der Waals surface area contributed by atoms with E-state index in [9.17, 15) is 4.39 Å². The maximum atomic E-state index is 11.8. The van der Waals surface area contributed by atoms with Crippen LogP contribution in [0.15, 0.2) is 0 Å². The summed E-state index contributed by atoms with van der Waals surface area (Å²) in [6, 6.07) is 0. The largest absolute Gasteiger partial charge is 0.396 e. The number of rotatable bonds is 7. The summed E-state index contributed by atoms with van der Waals surface area (Å²) >= 11 is 0. The van der Waals surface area contributed by atoms with E-state index in [1.165, 1.54) is 0 Å². The lowest BCUT2D eigenvalue weighted by Gasteiger charge is -2.29. The number of alkyl halides is 1. The van der Waals surface area contributed by atoms with Gasteiger partial charge in [0.2, 0.25) is 0 Å². The lowest BCUT2D eigenvalue weighted by molar-refractivity contribution is 0.113. The van der Waals surface area contributed by atoms with Crippen LogP contribution in [0.25, 0.3) is 0 Å². The van der Waals surface area contributed by atoms with Gasteiger partial charge in [0, 0.05) is 25.1 Å². The molecule has 0 aliphatic heterocycles. The van der Waals surface area contributed by atoms with Crippen molar-refractivity contribution in [2.45, 2.75) is 26.7 Å². The molecule has 12 heavy (non-hydrogen) atoms. The highest BCUT2D eigenvalue weighted by molar-refractivity contribution is 4.77. The normalized spacial score (nSPS) is 12.0. The molecule has 0 spiro atoms. The summed E-state index contributed by atoms with van der Waals surface area (Å²) in [6.07, 6.45) is 1.86. The Bertz CT molecular complexity index is 96.4. The molecule has 0 bridgehead atoms. The highest BCUT2D eigenvalue weighted by Crippen LogP contribution is 2.24. The number of aliphatic hydroxyl groups is 1. The van der Waals surface area contributed by atoms with Gasteiger partial charge in [-0.15, -0.1) is 0 Å². The van der Waals surface area contributed by atoms with Crippen molar-refractivity contribution in [1.82, 2.24) is 5.32 Å². The Morgan fingerprint density at radius 3 is 2.25 bits per heavy atom. The van der Waals surface area contributed by atoms with Crippen LogP contribution in [0.3, 0.4) is 0 Å². The number of hydrogen-bond donors (Lipinski definition) is 2. The van der Waals surface area contributed by atoms with Gasteiger partial charge in [0.25, 0.3) is 0 Å². The lowest BCUT2D eigenvalue weighted by atomic mass is 9.83. The van der Waals surface area contributed by atoms with Gasteiger partial charge in [-0.2, -0.15) is 0 Å². The third-order valence-electron chi connectivity index (χ3n) is 2.61. The molecule has 0 aliphatic rings. The minimum Gasteiger partial charge on any atom is -0.396 e. The molecule has 2 N–H and O–H groups in total. The molecular formula is C9H20FNO. The van der Waals surface area contributed by atoms with Gasteiger partial charge in [0.1, 0.15) is 6.67 Å². The standard InChI is InChI=1S/C9H20FNO/c1-3-9(4-2,8-12)7-11-6-5-10/h11-12H,3-8H2,1-2H3. The van der Waals surface area contributed by atoms with E-state index in [1.807, 2.05) is 0 Å². The van der Waals surface area contributed by atoms with Crippen molar-refractivity contribution >= 4 is 0 Å². The van der Waals surface area contributed by atoms with E-state index in [2.05, 4.69) is 19.2 Å². The second-order valence-corrected chi connectivity index (χ2v) is 3.23.